The van der Waals surface area contributed by atoms with Crippen LogP contribution in [0.1, 0.15) is 36.5 Å². The number of hydrogen-bond donors (Lipinski definition) is 2. The fourth-order valence-corrected chi connectivity index (χ4v) is 3.66. The van der Waals surface area contributed by atoms with Crippen LogP contribution in [0.15, 0.2) is 53.5 Å². The second-order valence-electron chi connectivity index (χ2n) is 7.55. The molecule has 0 spiro atoms. The molecule has 0 aromatic heterocycles. The maximum atomic E-state index is 12.6. The third kappa shape index (κ3) is 6.93. The number of guanidine groups is 1. The fraction of sp³-hybridized carbons (Fsp3) is 0.417. The van der Waals surface area contributed by atoms with Crippen molar-refractivity contribution < 1.29 is 18.3 Å². The highest BCUT2D eigenvalue weighted by Crippen LogP contribution is 2.21. The number of hydrogen-bond acceptors (Lipinski definition) is 3. The molecule has 32 heavy (non-hydrogen) atoms. The Bertz CT molecular complexity index is 920. The van der Waals surface area contributed by atoms with Gasteiger partial charge in [-0.2, -0.15) is 8.78 Å². The van der Waals surface area contributed by atoms with Crippen LogP contribution in [0.3, 0.4) is 0 Å². The molecule has 0 saturated heterocycles. The van der Waals surface area contributed by atoms with Gasteiger partial charge >= 0.3 is 6.61 Å². The highest BCUT2D eigenvalue weighted by atomic mass is 19.3. The molecule has 1 aliphatic rings. The first-order valence-corrected chi connectivity index (χ1v) is 11.0. The molecule has 0 bridgehead atoms. The van der Waals surface area contributed by atoms with Crippen LogP contribution in [0, 0.1) is 0 Å². The predicted molar refractivity (Wildman–Crippen MR) is 121 cm³/mol. The van der Waals surface area contributed by atoms with Crippen molar-refractivity contribution in [3.8, 4) is 5.75 Å². The van der Waals surface area contributed by atoms with E-state index >= 15 is 0 Å². The molecule has 6 nitrogen and oxygen atoms in total. The van der Waals surface area contributed by atoms with Gasteiger partial charge in [0.2, 0.25) is 5.91 Å². The summed E-state index contributed by atoms with van der Waals surface area (Å²) in [6.45, 7) is 1.94. The first-order valence-electron chi connectivity index (χ1n) is 11.0. The number of nitrogens with zero attached hydrogens (tertiary/aromatic N) is 2. The molecule has 0 aliphatic carbocycles. The summed E-state index contributed by atoms with van der Waals surface area (Å²) in [5.74, 6) is 0.843. The van der Waals surface area contributed by atoms with Crippen LogP contribution in [-0.2, 0) is 24.3 Å². The minimum Gasteiger partial charge on any atom is -0.434 e. The summed E-state index contributed by atoms with van der Waals surface area (Å²) in [6, 6.07) is 14.9. The van der Waals surface area contributed by atoms with Crippen LogP contribution in [0.4, 0.5) is 8.78 Å². The molecule has 1 amide bonds. The van der Waals surface area contributed by atoms with Gasteiger partial charge in [0, 0.05) is 38.2 Å². The highest BCUT2D eigenvalue weighted by molar-refractivity contribution is 5.80. The SMILES string of the molecule is CCNC(=NCc1ccccc1OC(F)F)NCCCC(=O)N1CCc2ccccc2C1. The lowest BCUT2D eigenvalue weighted by Crippen LogP contribution is -2.39. The van der Waals surface area contributed by atoms with Gasteiger partial charge in [-0.1, -0.05) is 42.5 Å². The molecule has 1 heterocycles. The van der Waals surface area contributed by atoms with Crippen molar-refractivity contribution >= 4 is 11.9 Å². The van der Waals surface area contributed by atoms with Gasteiger partial charge in [-0.3, -0.25) is 4.79 Å². The number of nitrogens with one attached hydrogen (secondary N) is 2. The molecular formula is C24H30F2N4O2. The van der Waals surface area contributed by atoms with E-state index < -0.39 is 6.61 Å². The van der Waals surface area contributed by atoms with Crippen molar-refractivity contribution in [2.45, 2.75) is 45.9 Å². The smallest absolute Gasteiger partial charge is 0.387 e. The summed E-state index contributed by atoms with van der Waals surface area (Å²) in [7, 11) is 0. The van der Waals surface area contributed by atoms with Gasteiger partial charge in [-0.05, 0) is 37.0 Å². The average molecular weight is 445 g/mol. The van der Waals surface area contributed by atoms with Crippen molar-refractivity contribution in [1.29, 1.82) is 0 Å². The minimum atomic E-state index is -2.88. The monoisotopic (exact) mass is 444 g/mol. The Morgan fingerprint density at radius 1 is 1.12 bits per heavy atom. The van der Waals surface area contributed by atoms with Crippen LogP contribution in [0.2, 0.25) is 0 Å². The average Bonchev–Trinajstić information content (AvgIpc) is 2.80. The first-order chi connectivity index (χ1) is 15.6. The Kier molecular flexibility index (Phi) is 8.83. The van der Waals surface area contributed by atoms with Gasteiger partial charge in [-0.15, -0.1) is 0 Å². The molecule has 3 rings (SSSR count). The van der Waals surface area contributed by atoms with E-state index in [2.05, 4.69) is 32.5 Å². The zero-order valence-electron chi connectivity index (χ0n) is 18.3. The van der Waals surface area contributed by atoms with E-state index in [0.717, 1.165) is 13.0 Å². The summed E-state index contributed by atoms with van der Waals surface area (Å²) in [4.78, 5) is 19.0. The second kappa shape index (κ2) is 12.0. The normalized spacial score (nSPS) is 13.6. The molecule has 8 heteroatoms. The molecule has 172 valence electrons. The van der Waals surface area contributed by atoms with Crippen molar-refractivity contribution in [3.05, 3.63) is 65.2 Å². The molecule has 0 saturated carbocycles. The number of carbonyl (C=O) groups excluding carboxylic acids is 1. The Balaban J connectivity index is 1.46. The Morgan fingerprint density at radius 2 is 1.88 bits per heavy atom. The standard InChI is InChI=1S/C24H30F2N4O2/c1-2-27-24(29-16-19-9-5-6-11-21(19)32-23(25)26)28-14-7-12-22(31)30-15-13-18-8-3-4-10-20(18)17-30/h3-6,8-11,23H,2,7,12-17H2,1H3,(H2,27,28,29). The third-order valence-corrected chi connectivity index (χ3v) is 5.28. The van der Waals surface area contributed by atoms with Gasteiger partial charge in [0.15, 0.2) is 5.96 Å². The molecule has 0 unspecified atom stereocenters. The van der Waals surface area contributed by atoms with E-state index in [0.29, 0.717) is 44.0 Å². The van der Waals surface area contributed by atoms with Crippen LogP contribution in [-0.4, -0.2) is 43.0 Å². The Labute approximate surface area is 187 Å². The van der Waals surface area contributed by atoms with Gasteiger partial charge in [0.1, 0.15) is 5.75 Å². The minimum absolute atomic E-state index is 0.121. The largest absolute Gasteiger partial charge is 0.434 e. The van der Waals surface area contributed by atoms with Crippen LogP contribution in [0.25, 0.3) is 0 Å². The summed E-state index contributed by atoms with van der Waals surface area (Å²) in [6.07, 6.45) is 2.03. The predicted octanol–water partition coefficient (Wildman–Crippen LogP) is 3.71. The topological polar surface area (TPSA) is 66.0 Å². The molecule has 2 N–H and O–H groups in total. The molecular weight excluding hydrogens is 414 g/mol. The molecule has 2 aromatic rings. The maximum Gasteiger partial charge on any atom is 0.387 e. The van der Waals surface area contributed by atoms with Crippen molar-refractivity contribution in [2.75, 3.05) is 19.6 Å². The molecule has 0 atom stereocenters. The summed E-state index contributed by atoms with van der Waals surface area (Å²) >= 11 is 0. The van der Waals surface area contributed by atoms with Crippen LogP contribution < -0.4 is 15.4 Å². The van der Waals surface area contributed by atoms with Gasteiger partial charge in [0.05, 0.1) is 6.54 Å². The van der Waals surface area contributed by atoms with Gasteiger partial charge < -0.3 is 20.3 Å². The Morgan fingerprint density at radius 3 is 2.66 bits per heavy atom. The number of aliphatic imine (C=N–C) groups is 1. The number of benzene rings is 2. The lowest BCUT2D eigenvalue weighted by atomic mass is 9.99. The van der Waals surface area contributed by atoms with E-state index in [1.54, 1.807) is 18.2 Å². The number of para-hydroxylation sites is 1. The molecule has 0 fully saturated rings. The van der Waals surface area contributed by atoms with E-state index in [-0.39, 0.29) is 18.2 Å². The Hall–Kier alpha value is -3.16. The number of ether oxygens (including phenoxy) is 1. The quantitative estimate of drug-likeness (QED) is 0.352. The number of amides is 1. The molecule has 0 radical (unpaired) electrons. The summed E-state index contributed by atoms with van der Waals surface area (Å²) < 4.78 is 29.7. The van der Waals surface area contributed by atoms with Crippen LogP contribution in [0.5, 0.6) is 5.75 Å². The molecule has 1 aliphatic heterocycles. The van der Waals surface area contributed by atoms with Crippen molar-refractivity contribution in [1.82, 2.24) is 15.5 Å². The summed E-state index contributed by atoms with van der Waals surface area (Å²) in [5, 5.41) is 6.33. The number of rotatable bonds is 9. The summed E-state index contributed by atoms with van der Waals surface area (Å²) in [5.41, 5.74) is 3.12. The lowest BCUT2D eigenvalue weighted by Gasteiger charge is -2.29. The zero-order chi connectivity index (χ0) is 22.8. The van der Waals surface area contributed by atoms with E-state index in [9.17, 15) is 13.6 Å². The van der Waals surface area contributed by atoms with Gasteiger partial charge in [0.25, 0.3) is 0 Å². The maximum absolute atomic E-state index is 12.6. The van der Waals surface area contributed by atoms with Crippen LogP contribution >= 0.6 is 0 Å². The number of halogens is 2. The second-order valence-corrected chi connectivity index (χ2v) is 7.55. The van der Waals surface area contributed by atoms with E-state index in [1.807, 2.05) is 24.0 Å². The lowest BCUT2D eigenvalue weighted by molar-refractivity contribution is -0.132. The van der Waals surface area contributed by atoms with Crippen molar-refractivity contribution in [3.63, 3.8) is 0 Å². The van der Waals surface area contributed by atoms with E-state index in [4.69, 9.17) is 0 Å². The fourth-order valence-electron chi connectivity index (χ4n) is 3.66. The third-order valence-electron chi connectivity index (χ3n) is 5.28. The van der Waals surface area contributed by atoms with Crippen molar-refractivity contribution in [2.24, 2.45) is 4.99 Å². The van der Waals surface area contributed by atoms with E-state index in [1.165, 1.54) is 17.2 Å². The highest BCUT2D eigenvalue weighted by Gasteiger charge is 2.19. The van der Waals surface area contributed by atoms with Gasteiger partial charge in [-0.25, -0.2) is 4.99 Å². The number of carbonyl (C=O) groups is 1. The molecule has 2 aromatic carbocycles. The zero-order valence-corrected chi connectivity index (χ0v) is 18.3. The first kappa shape index (κ1) is 23.5. The number of alkyl halides is 2. The number of fused-ring (bicyclic) bond motifs is 1.